The van der Waals surface area contributed by atoms with Crippen LogP contribution in [0.25, 0.3) is 0 Å². The number of nitrogens with one attached hydrogen (secondary N) is 1. The maximum absolute atomic E-state index is 10.5. The van der Waals surface area contributed by atoms with Gasteiger partial charge in [-0.05, 0) is 51.1 Å². The largest absolute Gasteiger partial charge is 0.390 e. The first-order chi connectivity index (χ1) is 7.60. The summed E-state index contributed by atoms with van der Waals surface area (Å²) in [5.74, 6) is 1.44. The number of hydrogen-bond acceptors (Lipinski definition) is 2. The van der Waals surface area contributed by atoms with Crippen LogP contribution in [0.3, 0.4) is 0 Å². The normalized spacial score (nSPS) is 30.0. The Morgan fingerprint density at radius 2 is 1.81 bits per heavy atom. The molecular weight excluding hydrogens is 198 g/mol. The van der Waals surface area contributed by atoms with Crippen molar-refractivity contribution in [2.75, 3.05) is 13.1 Å². The molecule has 1 aliphatic carbocycles. The van der Waals surface area contributed by atoms with E-state index in [1.165, 1.54) is 32.1 Å². The quantitative estimate of drug-likeness (QED) is 0.684. The van der Waals surface area contributed by atoms with Crippen LogP contribution < -0.4 is 5.32 Å². The molecular formula is C14H29NO. The zero-order chi connectivity index (χ0) is 12.0. The van der Waals surface area contributed by atoms with Gasteiger partial charge in [-0.3, -0.25) is 0 Å². The van der Waals surface area contributed by atoms with E-state index in [-0.39, 0.29) is 0 Å². The molecule has 2 nitrogen and oxygen atoms in total. The van der Waals surface area contributed by atoms with Crippen LogP contribution in [0.4, 0.5) is 0 Å². The Balaban J connectivity index is 2.32. The van der Waals surface area contributed by atoms with Gasteiger partial charge in [0.1, 0.15) is 0 Å². The first-order valence-electron chi connectivity index (χ1n) is 7.03. The molecule has 0 spiro atoms. The van der Waals surface area contributed by atoms with E-state index in [2.05, 4.69) is 19.2 Å². The fourth-order valence-electron chi connectivity index (χ4n) is 2.91. The highest BCUT2D eigenvalue weighted by atomic mass is 16.3. The molecule has 2 N–H and O–H groups in total. The van der Waals surface area contributed by atoms with Crippen molar-refractivity contribution in [1.29, 1.82) is 0 Å². The van der Waals surface area contributed by atoms with Crippen LogP contribution in [0.15, 0.2) is 0 Å². The Morgan fingerprint density at radius 3 is 2.31 bits per heavy atom. The van der Waals surface area contributed by atoms with E-state index in [1.54, 1.807) is 0 Å². The van der Waals surface area contributed by atoms with Gasteiger partial charge in [-0.25, -0.2) is 0 Å². The molecule has 0 amide bonds. The second-order valence-electron chi connectivity index (χ2n) is 5.59. The van der Waals surface area contributed by atoms with E-state index < -0.39 is 5.60 Å². The van der Waals surface area contributed by atoms with Crippen LogP contribution in [0.5, 0.6) is 0 Å². The molecule has 0 aromatic heterocycles. The van der Waals surface area contributed by atoms with Gasteiger partial charge >= 0.3 is 0 Å². The average Bonchev–Trinajstić information content (AvgIpc) is 2.29. The van der Waals surface area contributed by atoms with Crippen LogP contribution >= 0.6 is 0 Å². The van der Waals surface area contributed by atoms with Crippen molar-refractivity contribution in [3.8, 4) is 0 Å². The summed E-state index contributed by atoms with van der Waals surface area (Å²) in [5, 5.41) is 13.8. The highest BCUT2D eigenvalue weighted by molar-refractivity contribution is 4.86. The summed E-state index contributed by atoms with van der Waals surface area (Å²) < 4.78 is 0. The minimum atomic E-state index is -0.457. The van der Waals surface area contributed by atoms with E-state index in [0.717, 1.165) is 25.4 Å². The molecule has 1 saturated carbocycles. The first-order valence-corrected chi connectivity index (χ1v) is 7.03. The van der Waals surface area contributed by atoms with Crippen LogP contribution in [0, 0.1) is 11.8 Å². The fourth-order valence-corrected chi connectivity index (χ4v) is 2.91. The van der Waals surface area contributed by atoms with Gasteiger partial charge in [0.25, 0.3) is 0 Å². The summed E-state index contributed by atoms with van der Waals surface area (Å²) in [7, 11) is 0. The van der Waals surface area contributed by atoms with Crippen molar-refractivity contribution in [3.05, 3.63) is 0 Å². The zero-order valence-corrected chi connectivity index (χ0v) is 11.3. The topological polar surface area (TPSA) is 32.3 Å². The number of aliphatic hydroxyl groups is 1. The molecule has 0 radical (unpaired) electrons. The molecule has 2 heteroatoms. The van der Waals surface area contributed by atoms with Crippen LogP contribution in [-0.4, -0.2) is 23.8 Å². The third-order valence-corrected chi connectivity index (χ3v) is 4.36. The molecule has 1 unspecified atom stereocenters. The van der Waals surface area contributed by atoms with Gasteiger partial charge in [0.2, 0.25) is 0 Å². The highest BCUT2D eigenvalue weighted by Crippen LogP contribution is 2.37. The second kappa shape index (κ2) is 6.61. The Hall–Kier alpha value is -0.0800. The smallest absolute Gasteiger partial charge is 0.0659 e. The Labute approximate surface area is 101 Å². The Morgan fingerprint density at radius 1 is 1.19 bits per heavy atom. The summed E-state index contributed by atoms with van der Waals surface area (Å²) in [4.78, 5) is 0. The third-order valence-electron chi connectivity index (χ3n) is 4.36. The van der Waals surface area contributed by atoms with E-state index in [0.29, 0.717) is 5.92 Å². The highest BCUT2D eigenvalue weighted by Gasteiger charge is 2.33. The van der Waals surface area contributed by atoms with Gasteiger partial charge in [0.05, 0.1) is 5.60 Å². The molecule has 16 heavy (non-hydrogen) atoms. The summed E-state index contributed by atoms with van der Waals surface area (Å²) >= 11 is 0. The second-order valence-corrected chi connectivity index (χ2v) is 5.59. The molecule has 0 bridgehead atoms. The van der Waals surface area contributed by atoms with Crippen LogP contribution in [-0.2, 0) is 0 Å². The van der Waals surface area contributed by atoms with Crippen molar-refractivity contribution in [1.82, 2.24) is 5.32 Å². The lowest BCUT2D eigenvalue weighted by atomic mass is 9.72. The summed E-state index contributed by atoms with van der Waals surface area (Å²) in [6, 6.07) is 0. The van der Waals surface area contributed by atoms with E-state index in [4.69, 9.17) is 0 Å². The maximum atomic E-state index is 10.5. The Bertz CT molecular complexity index is 183. The van der Waals surface area contributed by atoms with Gasteiger partial charge in [0.15, 0.2) is 0 Å². The molecule has 0 saturated heterocycles. The summed E-state index contributed by atoms with van der Waals surface area (Å²) in [6.07, 6.45) is 7.28. The van der Waals surface area contributed by atoms with Crippen molar-refractivity contribution in [3.63, 3.8) is 0 Å². The Kier molecular flexibility index (Phi) is 5.77. The molecule has 0 aromatic rings. The van der Waals surface area contributed by atoms with Gasteiger partial charge in [0, 0.05) is 0 Å². The molecule has 0 aromatic carbocycles. The molecule has 96 valence electrons. The van der Waals surface area contributed by atoms with Crippen molar-refractivity contribution < 1.29 is 5.11 Å². The summed E-state index contributed by atoms with van der Waals surface area (Å²) in [6.45, 7) is 8.37. The lowest BCUT2D eigenvalue weighted by Crippen LogP contribution is -2.39. The molecule has 1 aliphatic rings. The number of hydrogen-bond donors (Lipinski definition) is 2. The average molecular weight is 227 g/mol. The molecule has 1 atom stereocenters. The minimum Gasteiger partial charge on any atom is -0.390 e. The van der Waals surface area contributed by atoms with E-state index in [1.807, 2.05) is 6.92 Å². The lowest BCUT2D eigenvalue weighted by molar-refractivity contribution is -0.0286. The molecule has 0 aliphatic heterocycles. The molecule has 1 fully saturated rings. The van der Waals surface area contributed by atoms with E-state index >= 15 is 0 Å². The van der Waals surface area contributed by atoms with Crippen LogP contribution in [0.1, 0.15) is 59.3 Å². The molecule has 1 rings (SSSR count). The predicted molar refractivity (Wildman–Crippen MR) is 69.5 cm³/mol. The van der Waals surface area contributed by atoms with Crippen molar-refractivity contribution in [2.45, 2.75) is 64.9 Å². The van der Waals surface area contributed by atoms with Crippen molar-refractivity contribution >= 4 is 0 Å². The number of rotatable bonds is 6. The van der Waals surface area contributed by atoms with Crippen LogP contribution in [0.2, 0.25) is 0 Å². The van der Waals surface area contributed by atoms with Gasteiger partial charge in [-0.1, -0.05) is 33.1 Å². The summed E-state index contributed by atoms with van der Waals surface area (Å²) in [5.41, 5.74) is -0.457. The third kappa shape index (κ3) is 4.06. The monoisotopic (exact) mass is 227 g/mol. The van der Waals surface area contributed by atoms with Gasteiger partial charge in [-0.2, -0.15) is 0 Å². The predicted octanol–water partition coefficient (Wildman–Crippen LogP) is 2.95. The zero-order valence-electron chi connectivity index (χ0n) is 11.3. The van der Waals surface area contributed by atoms with E-state index in [9.17, 15) is 5.11 Å². The van der Waals surface area contributed by atoms with Gasteiger partial charge < -0.3 is 10.4 Å². The first kappa shape index (κ1) is 14.0. The molecule has 0 heterocycles. The standard InChI is InChI=1S/C14H29NO/c1-4-12-6-8-13(9-7-12)14(3,16)10-11-15-5-2/h12-13,15-16H,4-11H2,1-3H3. The fraction of sp³-hybridized carbons (Fsp3) is 1.00. The van der Waals surface area contributed by atoms with Gasteiger partial charge in [-0.15, -0.1) is 0 Å². The van der Waals surface area contributed by atoms with Crippen molar-refractivity contribution in [2.24, 2.45) is 11.8 Å². The lowest BCUT2D eigenvalue weighted by Gasteiger charge is -2.38. The SMILES string of the molecule is CCNCCC(C)(O)C1CCC(CC)CC1. The maximum Gasteiger partial charge on any atom is 0.0659 e. The minimum absolute atomic E-state index is 0.457.